The molecule has 0 aromatic heterocycles. The third-order valence-corrected chi connectivity index (χ3v) is 3.64. The Balaban J connectivity index is 3.02. The van der Waals surface area contributed by atoms with Gasteiger partial charge in [0.1, 0.15) is 5.78 Å². The second kappa shape index (κ2) is 2.71. The number of rotatable bonds is 0. The third kappa shape index (κ3) is 1.38. The van der Waals surface area contributed by atoms with Gasteiger partial charge in [-0.3, -0.25) is 9.59 Å². The molecule has 68 valence electrons. The van der Waals surface area contributed by atoms with Crippen molar-refractivity contribution in [1.82, 2.24) is 0 Å². The standard InChI is InChI=1S/C8H10Cl2O2/c1-7(2)4-5(11)3-6(12)8(7,9)10/h3-4H2,1-2H3. The van der Waals surface area contributed by atoms with E-state index in [0.29, 0.717) is 0 Å². The first-order valence-corrected chi connectivity index (χ1v) is 4.46. The highest BCUT2D eigenvalue weighted by Crippen LogP contribution is 2.47. The molecule has 1 fully saturated rings. The summed E-state index contributed by atoms with van der Waals surface area (Å²) >= 11 is 11.7. The molecule has 0 amide bonds. The van der Waals surface area contributed by atoms with Crippen LogP contribution in [-0.2, 0) is 9.59 Å². The van der Waals surface area contributed by atoms with Crippen molar-refractivity contribution in [2.75, 3.05) is 0 Å². The van der Waals surface area contributed by atoms with Crippen molar-refractivity contribution in [2.24, 2.45) is 5.41 Å². The summed E-state index contributed by atoms with van der Waals surface area (Å²) < 4.78 is -1.40. The molecule has 0 aromatic rings. The average molecular weight is 209 g/mol. The molecule has 0 unspecified atom stereocenters. The number of carbonyl (C=O) groups excluding carboxylic acids is 2. The number of carbonyl (C=O) groups is 2. The lowest BCUT2D eigenvalue weighted by Crippen LogP contribution is -2.48. The monoisotopic (exact) mass is 208 g/mol. The van der Waals surface area contributed by atoms with Gasteiger partial charge >= 0.3 is 0 Å². The highest BCUT2D eigenvalue weighted by atomic mass is 35.5. The van der Waals surface area contributed by atoms with E-state index in [1.807, 2.05) is 0 Å². The molecular formula is C8H10Cl2O2. The van der Waals surface area contributed by atoms with Gasteiger partial charge in [-0.25, -0.2) is 0 Å². The lowest BCUT2D eigenvalue weighted by Gasteiger charge is -2.38. The predicted molar refractivity (Wildman–Crippen MR) is 47.5 cm³/mol. The molecule has 0 aromatic carbocycles. The minimum atomic E-state index is -1.40. The number of hydrogen-bond donors (Lipinski definition) is 0. The van der Waals surface area contributed by atoms with Gasteiger partial charge in [0.25, 0.3) is 0 Å². The van der Waals surface area contributed by atoms with E-state index in [1.165, 1.54) is 0 Å². The van der Waals surface area contributed by atoms with Crippen molar-refractivity contribution < 1.29 is 9.59 Å². The molecule has 0 saturated heterocycles. The lowest BCUT2D eigenvalue weighted by atomic mass is 9.75. The van der Waals surface area contributed by atoms with Gasteiger partial charge < -0.3 is 0 Å². The Morgan fingerprint density at radius 3 is 2.17 bits per heavy atom. The topological polar surface area (TPSA) is 34.1 Å². The largest absolute Gasteiger partial charge is 0.299 e. The highest BCUT2D eigenvalue weighted by molar-refractivity contribution is 6.60. The van der Waals surface area contributed by atoms with Gasteiger partial charge in [0.05, 0.1) is 6.42 Å². The molecule has 0 atom stereocenters. The van der Waals surface area contributed by atoms with E-state index in [1.54, 1.807) is 13.8 Å². The zero-order valence-corrected chi connectivity index (χ0v) is 8.50. The predicted octanol–water partition coefficient (Wildman–Crippen LogP) is 2.12. The molecule has 0 aliphatic heterocycles. The van der Waals surface area contributed by atoms with Gasteiger partial charge in [0.15, 0.2) is 10.1 Å². The summed E-state index contributed by atoms with van der Waals surface area (Å²) in [6.07, 6.45) is 0.141. The summed E-state index contributed by atoms with van der Waals surface area (Å²) in [4.78, 5) is 22.3. The van der Waals surface area contributed by atoms with E-state index in [9.17, 15) is 9.59 Å². The number of halogens is 2. The Morgan fingerprint density at radius 1 is 1.25 bits per heavy atom. The van der Waals surface area contributed by atoms with Crippen molar-refractivity contribution in [1.29, 1.82) is 0 Å². The molecule has 0 bridgehead atoms. The van der Waals surface area contributed by atoms with Crippen LogP contribution in [0.3, 0.4) is 0 Å². The first-order chi connectivity index (χ1) is 5.27. The summed E-state index contributed by atoms with van der Waals surface area (Å²) in [6.45, 7) is 3.45. The Hall–Kier alpha value is -0.0800. The first kappa shape index (κ1) is 10.0. The number of hydrogen-bond acceptors (Lipinski definition) is 2. The smallest absolute Gasteiger partial charge is 0.181 e. The number of ketones is 2. The maximum Gasteiger partial charge on any atom is 0.181 e. The van der Waals surface area contributed by atoms with Crippen LogP contribution >= 0.6 is 23.2 Å². The molecule has 12 heavy (non-hydrogen) atoms. The van der Waals surface area contributed by atoms with E-state index in [-0.39, 0.29) is 24.4 Å². The summed E-state index contributed by atoms with van der Waals surface area (Å²) in [5.41, 5.74) is -0.650. The van der Waals surface area contributed by atoms with Crippen LogP contribution in [0.15, 0.2) is 0 Å². The zero-order valence-electron chi connectivity index (χ0n) is 6.99. The quantitative estimate of drug-likeness (QED) is 0.452. The Morgan fingerprint density at radius 2 is 1.75 bits per heavy atom. The van der Waals surface area contributed by atoms with Crippen LogP contribution in [0.2, 0.25) is 0 Å². The molecule has 1 aliphatic carbocycles. The van der Waals surface area contributed by atoms with Crippen LogP contribution in [0, 0.1) is 5.41 Å². The van der Waals surface area contributed by atoms with Crippen LogP contribution < -0.4 is 0 Å². The van der Waals surface area contributed by atoms with Crippen LogP contribution in [-0.4, -0.2) is 15.9 Å². The Labute approximate surface area is 81.2 Å². The number of Topliss-reactive ketones (excluding diaryl/α,β-unsaturated/α-hetero) is 2. The maximum absolute atomic E-state index is 11.3. The van der Waals surface area contributed by atoms with E-state index in [4.69, 9.17) is 23.2 Å². The first-order valence-electron chi connectivity index (χ1n) is 3.70. The minimum Gasteiger partial charge on any atom is -0.299 e. The summed E-state index contributed by atoms with van der Waals surface area (Å²) in [5, 5.41) is 0. The van der Waals surface area contributed by atoms with E-state index in [0.717, 1.165) is 0 Å². The van der Waals surface area contributed by atoms with Crippen molar-refractivity contribution in [3.8, 4) is 0 Å². The second-order valence-corrected chi connectivity index (χ2v) is 5.10. The molecule has 1 aliphatic rings. The van der Waals surface area contributed by atoms with Gasteiger partial charge in [0, 0.05) is 11.8 Å². The van der Waals surface area contributed by atoms with E-state index >= 15 is 0 Å². The normalized spacial score (nSPS) is 27.3. The summed E-state index contributed by atoms with van der Waals surface area (Å²) in [7, 11) is 0. The molecule has 1 rings (SSSR count). The van der Waals surface area contributed by atoms with Gasteiger partial charge in [-0.15, -0.1) is 0 Å². The molecule has 1 saturated carbocycles. The van der Waals surface area contributed by atoms with E-state index in [2.05, 4.69) is 0 Å². The molecule has 0 spiro atoms. The van der Waals surface area contributed by atoms with Crippen molar-refractivity contribution in [3.05, 3.63) is 0 Å². The fourth-order valence-electron chi connectivity index (χ4n) is 1.33. The Kier molecular flexibility index (Phi) is 2.26. The SMILES string of the molecule is CC1(C)CC(=O)CC(=O)C1(Cl)Cl. The average Bonchev–Trinajstić information content (AvgIpc) is 1.82. The zero-order chi connectivity index (χ0) is 9.57. The van der Waals surface area contributed by atoms with Gasteiger partial charge in [-0.1, -0.05) is 37.0 Å². The van der Waals surface area contributed by atoms with Gasteiger partial charge in [-0.05, 0) is 0 Å². The highest BCUT2D eigenvalue weighted by Gasteiger charge is 2.52. The van der Waals surface area contributed by atoms with Crippen LogP contribution in [0.4, 0.5) is 0 Å². The summed E-state index contributed by atoms with van der Waals surface area (Å²) in [5.74, 6) is -0.464. The van der Waals surface area contributed by atoms with Crippen LogP contribution in [0.25, 0.3) is 0 Å². The molecule has 2 nitrogen and oxygen atoms in total. The molecule has 0 N–H and O–H groups in total. The second-order valence-electron chi connectivity index (χ2n) is 3.77. The van der Waals surface area contributed by atoms with Crippen molar-refractivity contribution >= 4 is 34.8 Å². The fourth-order valence-corrected chi connectivity index (χ4v) is 1.60. The molecule has 4 heteroatoms. The summed E-state index contributed by atoms with van der Waals surface area (Å²) in [6, 6.07) is 0. The van der Waals surface area contributed by atoms with Gasteiger partial charge in [-0.2, -0.15) is 0 Å². The van der Waals surface area contributed by atoms with E-state index < -0.39 is 9.75 Å². The Bertz CT molecular complexity index is 243. The number of alkyl halides is 2. The van der Waals surface area contributed by atoms with Crippen LogP contribution in [0.5, 0.6) is 0 Å². The lowest BCUT2D eigenvalue weighted by molar-refractivity contribution is -0.134. The molecular weight excluding hydrogens is 199 g/mol. The van der Waals surface area contributed by atoms with Crippen molar-refractivity contribution in [3.63, 3.8) is 0 Å². The minimum absolute atomic E-state index is 0.0816. The van der Waals surface area contributed by atoms with Crippen molar-refractivity contribution in [2.45, 2.75) is 31.0 Å². The molecule has 0 heterocycles. The maximum atomic E-state index is 11.3. The van der Waals surface area contributed by atoms with Gasteiger partial charge in [0.2, 0.25) is 0 Å². The fraction of sp³-hybridized carbons (Fsp3) is 0.750. The third-order valence-electron chi connectivity index (χ3n) is 2.20. The molecule has 0 radical (unpaired) electrons. The van der Waals surface area contributed by atoms with Crippen LogP contribution in [0.1, 0.15) is 26.7 Å².